The Morgan fingerprint density at radius 2 is 1.74 bits per heavy atom. The summed E-state index contributed by atoms with van der Waals surface area (Å²) < 4.78 is 26.4. The maximum Gasteiger partial charge on any atom is 0.246 e. The number of anilines is 1. The van der Waals surface area contributed by atoms with E-state index in [0.717, 1.165) is 12.8 Å². The Bertz CT molecular complexity index is 483. The molecule has 1 rings (SSSR count). The van der Waals surface area contributed by atoms with Crippen molar-refractivity contribution >= 4 is 16.0 Å². The topological polar surface area (TPSA) is 89.2 Å². The van der Waals surface area contributed by atoms with E-state index in [-0.39, 0.29) is 10.8 Å². The van der Waals surface area contributed by atoms with E-state index in [9.17, 15) is 8.42 Å². The predicted molar refractivity (Wildman–Crippen MR) is 74.9 cm³/mol. The largest absolute Gasteiger partial charge is 0.368 e. The van der Waals surface area contributed by atoms with Crippen LogP contribution in [-0.2, 0) is 10.0 Å². The van der Waals surface area contributed by atoms with Crippen molar-refractivity contribution in [1.82, 2.24) is 14.3 Å². The number of hydrogen-bond acceptors (Lipinski definition) is 5. The molecule has 108 valence electrons. The van der Waals surface area contributed by atoms with E-state index in [1.54, 1.807) is 0 Å². The molecule has 0 atom stereocenters. The first kappa shape index (κ1) is 15.8. The van der Waals surface area contributed by atoms with E-state index in [4.69, 9.17) is 5.73 Å². The summed E-state index contributed by atoms with van der Waals surface area (Å²) in [6, 6.07) is 0. The standard InChI is InChI=1S/C12H22N4O2S/c1-4-10(5-2)9-16(6-3)19(17,18)11-7-14-12(13)15-8-11/h7-8,10H,4-6,9H2,1-3H3,(H2,13,14,15). The van der Waals surface area contributed by atoms with Crippen molar-refractivity contribution in [3.63, 3.8) is 0 Å². The third kappa shape index (κ3) is 3.87. The van der Waals surface area contributed by atoms with E-state index < -0.39 is 10.0 Å². The van der Waals surface area contributed by atoms with Crippen LogP contribution in [-0.4, -0.2) is 35.8 Å². The molecule has 2 N–H and O–H groups in total. The number of nitrogens with zero attached hydrogens (tertiary/aromatic N) is 3. The van der Waals surface area contributed by atoms with Gasteiger partial charge in [0.2, 0.25) is 16.0 Å². The van der Waals surface area contributed by atoms with E-state index in [0.29, 0.717) is 19.0 Å². The summed E-state index contributed by atoms with van der Waals surface area (Å²) in [6.45, 7) is 6.93. The molecule has 19 heavy (non-hydrogen) atoms. The second kappa shape index (κ2) is 6.81. The van der Waals surface area contributed by atoms with Gasteiger partial charge in [-0.25, -0.2) is 18.4 Å². The van der Waals surface area contributed by atoms with Crippen molar-refractivity contribution in [2.45, 2.75) is 38.5 Å². The molecule has 7 heteroatoms. The summed E-state index contributed by atoms with van der Waals surface area (Å²) in [5.74, 6) is 0.436. The van der Waals surface area contributed by atoms with Gasteiger partial charge in [0.05, 0.1) is 12.4 Å². The molecule has 0 saturated heterocycles. The van der Waals surface area contributed by atoms with Crippen LogP contribution in [0.1, 0.15) is 33.6 Å². The van der Waals surface area contributed by atoms with Crippen LogP contribution < -0.4 is 5.73 Å². The fourth-order valence-corrected chi connectivity index (χ4v) is 3.26. The first-order chi connectivity index (χ1) is 8.95. The summed E-state index contributed by atoms with van der Waals surface area (Å²) in [5, 5.41) is 0. The van der Waals surface area contributed by atoms with Gasteiger partial charge in [-0.05, 0) is 5.92 Å². The van der Waals surface area contributed by atoms with E-state index in [1.165, 1.54) is 16.7 Å². The Hall–Kier alpha value is -1.21. The molecule has 0 unspecified atom stereocenters. The average molecular weight is 286 g/mol. The lowest BCUT2D eigenvalue weighted by Gasteiger charge is -2.24. The highest BCUT2D eigenvalue weighted by Gasteiger charge is 2.25. The first-order valence-corrected chi connectivity index (χ1v) is 7.97. The summed E-state index contributed by atoms with van der Waals surface area (Å²) in [6.07, 6.45) is 4.43. The third-order valence-corrected chi connectivity index (χ3v) is 5.15. The number of rotatable bonds is 7. The molecular weight excluding hydrogens is 264 g/mol. The highest BCUT2D eigenvalue weighted by Crippen LogP contribution is 2.18. The van der Waals surface area contributed by atoms with Crippen LogP contribution in [0.15, 0.2) is 17.3 Å². The number of sulfonamides is 1. The van der Waals surface area contributed by atoms with Crippen molar-refractivity contribution in [1.29, 1.82) is 0 Å². The number of hydrogen-bond donors (Lipinski definition) is 1. The number of nitrogens with two attached hydrogens (primary N) is 1. The van der Waals surface area contributed by atoms with Crippen LogP contribution in [0, 0.1) is 5.92 Å². The second-order valence-electron chi connectivity index (χ2n) is 4.42. The molecule has 0 saturated carbocycles. The fourth-order valence-electron chi connectivity index (χ4n) is 1.84. The van der Waals surface area contributed by atoms with Gasteiger partial charge in [-0.2, -0.15) is 4.31 Å². The monoisotopic (exact) mass is 286 g/mol. The zero-order valence-corrected chi connectivity index (χ0v) is 12.5. The Balaban J connectivity index is 2.98. The van der Waals surface area contributed by atoms with Crippen molar-refractivity contribution in [2.24, 2.45) is 5.92 Å². The summed E-state index contributed by atoms with van der Waals surface area (Å²) in [7, 11) is -3.53. The van der Waals surface area contributed by atoms with Gasteiger partial charge in [0.1, 0.15) is 4.90 Å². The highest BCUT2D eigenvalue weighted by atomic mass is 32.2. The maximum atomic E-state index is 12.4. The molecule has 0 aliphatic rings. The van der Waals surface area contributed by atoms with E-state index in [2.05, 4.69) is 23.8 Å². The number of aromatic nitrogens is 2. The van der Waals surface area contributed by atoms with Crippen LogP contribution in [0.4, 0.5) is 5.95 Å². The molecular formula is C12H22N4O2S. The van der Waals surface area contributed by atoms with Crippen LogP contribution in [0.2, 0.25) is 0 Å². The molecule has 0 spiro atoms. The van der Waals surface area contributed by atoms with Crippen LogP contribution in [0.5, 0.6) is 0 Å². The fraction of sp³-hybridized carbons (Fsp3) is 0.667. The second-order valence-corrected chi connectivity index (χ2v) is 6.35. The van der Waals surface area contributed by atoms with Crippen LogP contribution in [0.3, 0.4) is 0 Å². The molecule has 0 radical (unpaired) electrons. The number of nitrogen functional groups attached to an aromatic ring is 1. The Morgan fingerprint density at radius 3 is 2.16 bits per heavy atom. The molecule has 1 heterocycles. The minimum atomic E-state index is -3.53. The highest BCUT2D eigenvalue weighted by molar-refractivity contribution is 7.89. The van der Waals surface area contributed by atoms with E-state index in [1.807, 2.05) is 6.92 Å². The normalized spacial score (nSPS) is 12.3. The van der Waals surface area contributed by atoms with Gasteiger partial charge in [-0.3, -0.25) is 0 Å². The third-order valence-electron chi connectivity index (χ3n) is 3.26. The molecule has 0 aliphatic heterocycles. The van der Waals surface area contributed by atoms with E-state index >= 15 is 0 Å². The predicted octanol–water partition coefficient (Wildman–Crippen LogP) is 1.51. The van der Waals surface area contributed by atoms with Gasteiger partial charge in [0, 0.05) is 13.1 Å². The lowest BCUT2D eigenvalue weighted by Crippen LogP contribution is -2.35. The van der Waals surface area contributed by atoms with Crippen molar-refractivity contribution < 1.29 is 8.42 Å². The van der Waals surface area contributed by atoms with Crippen molar-refractivity contribution in [3.8, 4) is 0 Å². The molecule has 0 amide bonds. The first-order valence-electron chi connectivity index (χ1n) is 6.53. The van der Waals surface area contributed by atoms with Crippen LogP contribution in [0.25, 0.3) is 0 Å². The lowest BCUT2D eigenvalue weighted by atomic mass is 10.0. The van der Waals surface area contributed by atoms with Gasteiger partial charge < -0.3 is 5.73 Å². The zero-order valence-electron chi connectivity index (χ0n) is 11.7. The Morgan fingerprint density at radius 1 is 1.21 bits per heavy atom. The van der Waals surface area contributed by atoms with Gasteiger partial charge in [-0.15, -0.1) is 0 Å². The minimum Gasteiger partial charge on any atom is -0.368 e. The summed E-state index contributed by atoms with van der Waals surface area (Å²) in [5.41, 5.74) is 5.37. The van der Waals surface area contributed by atoms with Gasteiger partial charge in [0.15, 0.2) is 0 Å². The van der Waals surface area contributed by atoms with Gasteiger partial charge in [-0.1, -0.05) is 33.6 Å². The molecule has 1 aromatic rings. The molecule has 0 fully saturated rings. The minimum absolute atomic E-state index is 0.0713. The Labute approximate surface area is 115 Å². The molecule has 1 aromatic heterocycles. The average Bonchev–Trinajstić information content (AvgIpc) is 2.40. The SMILES string of the molecule is CCC(CC)CN(CC)S(=O)(=O)c1cnc(N)nc1. The van der Waals surface area contributed by atoms with Crippen molar-refractivity contribution in [3.05, 3.63) is 12.4 Å². The Kier molecular flexibility index (Phi) is 5.68. The van der Waals surface area contributed by atoms with Crippen molar-refractivity contribution in [2.75, 3.05) is 18.8 Å². The smallest absolute Gasteiger partial charge is 0.246 e. The molecule has 6 nitrogen and oxygen atoms in total. The lowest BCUT2D eigenvalue weighted by molar-refractivity contribution is 0.339. The quantitative estimate of drug-likeness (QED) is 0.820. The maximum absolute atomic E-state index is 12.4. The zero-order chi connectivity index (χ0) is 14.5. The molecule has 0 bridgehead atoms. The molecule has 0 aromatic carbocycles. The summed E-state index contributed by atoms with van der Waals surface area (Å²) >= 11 is 0. The van der Waals surface area contributed by atoms with Gasteiger partial charge >= 0.3 is 0 Å². The summed E-state index contributed by atoms with van der Waals surface area (Å²) in [4.78, 5) is 7.58. The van der Waals surface area contributed by atoms with Crippen LogP contribution >= 0.6 is 0 Å². The molecule has 0 aliphatic carbocycles. The van der Waals surface area contributed by atoms with Gasteiger partial charge in [0.25, 0.3) is 0 Å².